The lowest BCUT2D eigenvalue weighted by molar-refractivity contribution is -0.127. The fourth-order valence-corrected chi connectivity index (χ4v) is 3.15. The highest BCUT2D eigenvalue weighted by Crippen LogP contribution is 2.12. The second-order valence-electron chi connectivity index (χ2n) is 6.65. The quantitative estimate of drug-likeness (QED) is 0.662. The van der Waals surface area contributed by atoms with Gasteiger partial charge in [0.1, 0.15) is 0 Å². The van der Waals surface area contributed by atoms with Crippen LogP contribution in [0.15, 0.2) is 47.1 Å². The minimum atomic E-state index is 0.000110. The number of carbonyl (C=O) groups is 1. The SMILES string of the molecule is Cc1cc(CN2CCN(C(=O)/C=C/c3cnc4ccccc4n3)CC2)on1. The molecule has 0 atom stereocenters. The second kappa shape index (κ2) is 7.67. The minimum absolute atomic E-state index is 0.000110. The van der Waals surface area contributed by atoms with Crippen LogP contribution in [0.25, 0.3) is 17.1 Å². The maximum absolute atomic E-state index is 12.4. The summed E-state index contributed by atoms with van der Waals surface area (Å²) >= 11 is 0. The number of hydrogen-bond acceptors (Lipinski definition) is 6. The van der Waals surface area contributed by atoms with Crippen LogP contribution in [-0.4, -0.2) is 57.0 Å². The summed E-state index contributed by atoms with van der Waals surface area (Å²) in [5.74, 6) is 0.863. The Kier molecular flexibility index (Phi) is 4.93. The van der Waals surface area contributed by atoms with E-state index in [1.165, 1.54) is 0 Å². The van der Waals surface area contributed by atoms with Crippen molar-refractivity contribution in [3.8, 4) is 0 Å². The third-order valence-electron chi connectivity index (χ3n) is 4.60. The van der Waals surface area contributed by atoms with Gasteiger partial charge in [-0.25, -0.2) is 4.98 Å². The van der Waals surface area contributed by atoms with Crippen LogP contribution < -0.4 is 0 Å². The lowest BCUT2D eigenvalue weighted by Gasteiger charge is -2.33. The van der Waals surface area contributed by atoms with E-state index < -0.39 is 0 Å². The highest BCUT2D eigenvalue weighted by atomic mass is 16.5. The molecule has 0 N–H and O–H groups in total. The van der Waals surface area contributed by atoms with Crippen LogP contribution >= 0.6 is 0 Å². The topological polar surface area (TPSA) is 75.4 Å². The number of hydrogen-bond donors (Lipinski definition) is 0. The molecule has 1 aromatic carbocycles. The number of fused-ring (bicyclic) bond motifs is 1. The molecule has 27 heavy (non-hydrogen) atoms. The Hall–Kier alpha value is -3.06. The van der Waals surface area contributed by atoms with Crippen molar-refractivity contribution in [1.82, 2.24) is 24.9 Å². The van der Waals surface area contributed by atoms with Crippen molar-refractivity contribution in [2.75, 3.05) is 26.2 Å². The Morgan fingerprint density at radius 2 is 1.96 bits per heavy atom. The van der Waals surface area contributed by atoms with E-state index in [-0.39, 0.29) is 5.91 Å². The number of carbonyl (C=O) groups excluding carboxylic acids is 1. The standard InChI is InChI=1S/C20H21N5O2/c1-15-12-17(27-23-15)14-24-8-10-25(11-9-24)20(26)7-6-16-13-21-18-4-2-3-5-19(18)22-16/h2-7,12-13H,8-11,14H2,1H3/b7-6+. The first kappa shape index (κ1) is 17.4. The van der Waals surface area contributed by atoms with Crippen molar-refractivity contribution < 1.29 is 9.32 Å². The number of amides is 1. The van der Waals surface area contributed by atoms with E-state index in [9.17, 15) is 4.79 Å². The summed E-state index contributed by atoms with van der Waals surface area (Å²) in [6, 6.07) is 9.64. The maximum atomic E-state index is 12.4. The molecule has 7 heteroatoms. The van der Waals surface area contributed by atoms with Gasteiger partial charge in [-0.15, -0.1) is 0 Å². The van der Waals surface area contributed by atoms with Gasteiger partial charge in [-0.1, -0.05) is 17.3 Å². The smallest absolute Gasteiger partial charge is 0.246 e. The van der Waals surface area contributed by atoms with E-state index in [0.717, 1.165) is 42.1 Å². The molecule has 7 nitrogen and oxygen atoms in total. The normalized spacial score (nSPS) is 15.7. The predicted octanol–water partition coefficient (Wildman–Crippen LogP) is 2.28. The van der Waals surface area contributed by atoms with Gasteiger partial charge in [0.15, 0.2) is 5.76 Å². The molecule has 3 heterocycles. The first-order valence-electron chi connectivity index (χ1n) is 9.01. The lowest BCUT2D eigenvalue weighted by Crippen LogP contribution is -2.47. The van der Waals surface area contributed by atoms with Crippen LogP contribution in [-0.2, 0) is 11.3 Å². The fraction of sp³-hybridized carbons (Fsp3) is 0.300. The molecule has 1 fully saturated rings. The molecule has 0 unspecified atom stereocenters. The van der Waals surface area contributed by atoms with Crippen molar-refractivity contribution >= 4 is 23.0 Å². The number of rotatable bonds is 4. The average molecular weight is 363 g/mol. The molecule has 1 saturated heterocycles. The van der Waals surface area contributed by atoms with Gasteiger partial charge in [-0.2, -0.15) is 0 Å². The van der Waals surface area contributed by atoms with Gasteiger partial charge in [0.05, 0.1) is 35.2 Å². The van der Waals surface area contributed by atoms with Crippen LogP contribution in [0.4, 0.5) is 0 Å². The van der Waals surface area contributed by atoms with Gasteiger partial charge in [-0.05, 0) is 25.1 Å². The van der Waals surface area contributed by atoms with Crippen LogP contribution in [0.1, 0.15) is 17.1 Å². The highest BCUT2D eigenvalue weighted by molar-refractivity contribution is 5.91. The van der Waals surface area contributed by atoms with E-state index in [1.807, 2.05) is 42.2 Å². The van der Waals surface area contributed by atoms with E-state index in [0.29, 0.717) is 18.8 Å². The Morgan fingerprint density at radius 1 is 1.19 bits per heavy atom. The summed E-state index contributed by atoms with van der Waals surface area (Å²) < 4.78 is 5.26. The summed E-state index contributed by atoms with van der Waals surface area (Å²) in [5, 5.41) is 3.91. The Morgan fingerprint density at radius 3 is 2.70 bits per heavy atom. The molecular formula is C20H21N5O2. The lowest BCUT2D eigenvalue weighted by atomic mass is 10.2. The zero-order chi connectivity index (χ0) is 18.6. The highest BCUT2D eigenvalue weighted by Gasteiger charge is 2.20. The van der Waals surface area contributed by atoms with Gasteiger partial charge in [0.25, 0.3) is 0 Å². The van der Waals surface area contributed by atoms with E-state index in [4.69, 9.17) is 4.52 Å². The van der Waals surface area contributed by atoms with Crippen molar-refractivity contribution in [3.63, 3.8) is 0 Å². The zero-order valence-electron chi connectivity index (χ0n) is 15.2. The minimum Gasteiger partial charge on any atom is -0.360 e. The summed E-state index contributed by atoms with van der Waals surface area (Å²) in [4.78, 5) is 25.4. The number of aryl methyl sites for hydroxylation is 1. The predicted molar refractivity (Wildman–Crippen MR) is 102 cm³/mol. The van der Waals surface area contributed by atoms with E-state index >= 15 is 0 Å². The average Bonchev–Trinajstić information content (AvgIpc) is 3.11. The molecule has 3 aromatic rings. The van der Waals surface area contributed by atoms with Crippen LogP contribution in [0, 0.1) is 6.92 Å². The largest absolute Gasteiger partial charge is 0.360 e. The Balaban J connectivity index is 1.32. The van der Waals surface area contributed by atoms with Crippen LogP contribution in [0.3, 0.4) is 0 Å². The summed E-state index contributed by atoms with van der Waals surface area (Å²) in [5.41, 5.74) is 3.24. The molecular weight excluding hydrogens is 342 g/mol. The zero-order valence-corrected chi connectivity index (χ0v) is 15.2. The van der Waals surface area contributed by atoms with Crippen LogP contribution in [0.2, 0.25) is 0 Å². The third-order valence-corrected chi connectivity index (χ3v) is 4.60. The molecule has 1 aliphatic rings. The number of piperazine rings is 1. The molecule has 0 saturated carbocycles. The Bertz CT molecular complexity index is 973. The van der Waals surface area contributed by atoms with Gasteiger partial charge >= 0.3 is 0 Å². The van der Waals surface area contributed by atoms with E-state index in [1.54, 1.807) is 18.3 Å². The van der Waals surface area contributed by atoms with Gasteiger partial charge in [0, 0.05) is 38.3 Å². The molecule has 138 valence electrons. The van der Waals surface area contributed by atoms with E-state index in [2.05, 4.69) is 20.0 Å². The van der Waals surface area contributed by atoms with Gasteiger partial charge in [0.2, 0.25) is 5.91 Å². The van der Waals surface area contributed by atoms with Crippen LogP contribution in [0.5, 0.6) is 0 Å². The van der Waals surface area contributed by atoms with Gasteiger partial charge in [-0.3, -0.25) is 14.7 Å². The van der Waals surface area contributed by atoms with Crippen molar-refractivity contribution in [2.45, 2.75) is 13.5 Å². The molecule has 0 radical (unpaired) electrons. The second-order valence-corrected chi connectivity index (χ2v) is 6.65. The number of nitrogens with zero attached hydrogens (tertiary/aromatic N) is 5. The molecule has 2 aromatic heterocycles. The molecule has 0 spiro atoms. The fourth-order valence-electron chi connectivity index (χ4n) is 3.15. The molecule has 4 rings (SSSR count). The molecule has 1 aliphatic heterocycles. The number of benzene rings is 1. The van der Waals surface area contributed by atoms with Crippen molar-refractivity contribution in [3.05, 3.63) is 59.8 Å². The first-order valence-corrected chi connectivity index (χ1v) is 9.01. The monoisotopic (exact) mass is 363 g/mol. The van der Waals surface area contributed by atoms with Crippen molar-refractivity contribution in [2.24, 2.45) is 0 Å². The summed E-state index contributed by atoms with van der Waals surface area (Å²) in [7, 11) is 0. The maximum Gasteiger partial charge on any atom is 0.246 e. The number of para-hydroxylation sites is 2. The summed E-state index contributed by atoms with van der Waals surface area (Å²) in [6.07, 6.45) is 4.99. The van der Waals surface area contributed by atoms with Gasteiger partial charge < -0.3 is 9.42 Å². The molecule has 0 bridgehead atoms. The Labute approximate surface area is 157 Å². The summed E-state index contributed by atoms with van der Waals surface area (Å²) in [6.45, 7) is 5.66. The first-order chi connectivity index (χ1) is 13.2. The number of aromatic nitrogens is 3. The van der Waals surface area contributed by atoms with Crippen molar-refractivity contribution in [1.29, 1.82) is 0 Å². The molecule has 0 aliphatic carbocycles. The third kappa shape index (κ3) is 4.20. The molecule has 1 amide bonds.